The van der Waals surface area contributed by atoms with Gasteiger partial charge in [0.25, 0.3) is 0 Å². The van der Waals surface area contributed by atoms with Gasteiger partial charge in [0.1, 0.15) is 5.75 Å². The lowest BCUT2D eigenvalue weighted by Crippen LogP contribution is -2.27. The Labute approximate surface area is 204 Å². The summed E-state index contributed by atoms with van der Waals surface area (Å²) >= 11 is 1.34. The van der Waals surface area contributed by atoms with Crippen molar-refractivity contribution in [3.05, 3.63) is 46.5 Å². The lowest BCUT2D eigenvalue weighted by Gasteiger charge is -2.26. The number of hydrogen-bond acceptors (Lipinski definition) is 5. The van der Waals surface area contributed by atoms with Crippen LogP contribution in [0.1, 0.15) is 60.9 Å². The molecule has 2 aromatic heterocycles. The van der Waals surface area contributed by atoms with Crippen molar-refractivity contribution in [2.75, 3.05) is 0 Å². The Bertz CT molecular complexity index is 1280. The van der Waals surface area contributed by atoms with E-state index < -0.39 is 11.7 Å². The van der Waals surface area contributed by atoms with Crippen LogP contribution in [0.3, 0.4) is 0 Å². The van der Waals surface area contributed by atoms with E-state index in [9.17, 15) is 22.8 Å². The summed E-state index contributed by atoms with van der Waals surface area (Å²) in [5.41, 5.74) is 1.31. The number of carbonyl (C=O) groups is 2. The van der Waals surface area contributed by atoms with Crippen LogP contribution in [-0.2, 0) is 22.3 Å². The predicted octanol–water partition coefficient (Wildman–Crippen LogP) is 6.65. The Morgan fingerprint density at radius 2 is 1.77 bits per heavy atom. The van der Waals surface area contributed by atoms with Crippen molar-refractivity contribution in [3.63, 3.8) is 0 Å². The van der Waals surface area contributed by atoms with Crippen molar-refractivity contribution in [1.82, 2.24) is 9.88 Å². The van der Waals surface area contributed by atoms with Crippen LogP contribution in [0.2, 0.25) is 0 Å². The number of fused-ring (bicyclic) bond motifs is 1. The highest BCUT2D eigenvalue weighted by atomic mass is 32.1. The number of imide groups is 1. The molecule has 0 unspecified atom stereocenters. The second-order valence-corrected chi connectivity index (χ2v) is 10.3. The summed E-state index contributed by atoms with van der Waals surface area (Å²) in [5.74, 6) is 0.0480. The molecule has 0 spiro atoms. The van der Waals surface area contributed by atoms with Crippen molar-refractivity contribution < 1.29 is 27.5 Å². The van der Waals surface area contributed by atoms with Crippen molar-refractivity contribution in [2.24, 2.45) is 0 Å². The number of hydrogen-bond donors (Lipinski definition) is 0. The van der Waals surface area contributed by atoms with Gasteiger partial charge in [-0.2, -0.15) is 13.2 Å². The maximum Gasteiger partial charge on any atom is 0.416 e. The number of aromatic nitrogens is 1. The maximum atomic E-state index is 13.8. The zero-order valence-corrected chi connectivity index (χ0v) is 20.1. The van der Waals surface area contributed by atoms with Crippen LogP contribution in [0, 0.1) is 6.92 Å². The van der Waals surface area contributed by atoms with Crippen molar-refractivity contribution in [3.8, 4) is 16.9 Å². The fourth-order valence-electron chi connectivity index (χ4n) is 4.88. The van der Waals surface area contributed by atoms with Crippen LogP contribution >= 0.6 is 11.3 Å². The van der Waals surface area contributed by atoms with Gasteiger partial charge in [-0.05, 0) is 62.4 Å². The highest BCUT2D eigenvalue weighted by molar-refractivity contribution is 7.19. The third-order valence-electron chi connectivity index (χ3n) is 6.66. The summed E-state index contributed by atoms with van der Waals surface area (Å²) in [6, 6.07) is 5.80. The summed E-state index contributed by atoms with van der Waals surface area (Å²) in [7, 11) is 0. The Hall–Kier alpha value is -2.94. The molecule has 0 radical (unpaired) electrons. The zero-order chi connectivity index (χ0) is 24.7. The molecule has 3 heterocycles. The minimum atomic E-state index is -4.49. The standard InChI is InChI=1S/C26H25F3N2O3S/c1-15-11-16(26(27,28)29)12-20(24(15)34-17-5-3-2-4-6-17)19-9-10-30-21-13-18(35-25(19)21)14-31-22(32)7-8-23(31)33/h9-13,17H,2-8,14H2,1H3. The summed E-state index contributed by atoms with van der Waals surface area (Å²) in [6.07, 6.45) is 2.46. The highest BCUT2D eigenvalue weighted by Gasteiger charge is 2.33. The van der Waals surface area contributed by atoms with Crippen molar-refractivity contribution in [1.29, 1.82) is 0 Å². The summed E-state index contributed by atoms with van der Waals surface area (Å²) < 4.78 is 48.3. The SMILES string of the molecule is Cc1cc(C(F)(F)F)cc(-c2ccnc3cc(CN4C(=O)CCC4=O)sc23)c1OC1CCCCC1. The molecule has 1 saturated heterocycles. The Balaban J connectivity index is 1.60. The number of rotatable bonds is 5. The van der Waals surface area contributed by atoms with E-state index in [1.54, 1.807) is 25.3 Å². The third kappa shape index (κ3) is 4.78. The second-order valence-electron chi connectivity index (χ2n) is 9.20. The normalized spacial score (nSPS) is 17.5. The van der Waals surface area contributed by atoms with Gasteiger partial charge in [0.15, 0.2) is 0 Å². The number of amides is 2. The Morgan fingerprint density at radius 3 is 2.46 bits per heavy atom. The minimum Gasteiger partial charge on any atom is -0.490 e. The van der Waals surface area contributed by atoms with Gasteiger partial charge < -0.3 is 4.74 Å². The van der Waals surface area contributed by atoms with Gasteiger partial charge in [0.2, 0.25) is 11.8 Å². The number of carbonyl (C=O) groups excluding carboxylic acids is 2. The summed E-state index contributed by atoms with van der Waals surface area (Å²) in [5, 5.41) is 0. The number of likely N-dealkylation sites (tertiary alicyclic amines) is 1. The fourth-order valence-corrected chi connectivity index (χ4v) is 6.01. The van der Waals surface area contributed by atoms with Gasteiger partial charge in [-0.3, -0.25) is 19.5 Å². The molecule has 2 aliphatic rings. The highest BCUT2D eigenvalue weighted by Crippen LogP contribution is 2.44. The van der Waals surface area contributed by atoms with Gasteiger partial charge >= 0.3 is 6.18 Å². The van der Waals surface area contributed by atoms with Crippen LogP contribution in [0.4, 0.5) is 13.2 Å². The van der Waals surface area contributed by atoms with E-state index >= 15 is 0 Å². The summed E-state index contributed by atoms with van der Waals surface area (Å²) in [4.78, 5) is 30.5. The number of thiophene rings is 1. The maximum absolute atomic E-state index is 13.8. The lowest BCUT2D eigenvalue weighted by atomic mass is 9.96. The molecule has 0 N–H and O–H groups in total. The van der Waals surface area contributed by atoms with E-state index in [4.69, 9.17) is 4.74 Å². The molecular formula is C26H25F3N2O3S. The first-order valence-corrected chi connectivity index (χ1v) is 12.6. The van der Waals surface area contributed by atoms with Gasteiger partial charge in [-0.1, -0.05) is 6.42 Å². The van der Waals surface area contributed by atoms with E-state index in [0.29, 0.717) is 32.7 Å². The molecule has 0 bridgehead atoms. The van der Waals surface area contributed by atoms with E-state index in [2.05, 4.69) is 4.98 Å². The first kappa shape index (κ1) is 23.8. The Morgan fingerprint density at radius 1 is 1.06 bits per heavy atom. The molecule has 1 saturated carbocycles. The molecule has 35 heavy (non-hydrogen) atoms. The third-order valence-corrected chi connectivity index (χ3v) is 7.80. The molecule has 9 heteroatoms. The van der Waals surface area contributed by atoms with Crippen molar-refractivity contribution >= 4 is 33.4 Å². The van der Waals surface area contributed by atoms with Gasteiger partial charge in [-0.15, -0.1) is 11.3 Å². The van der Waals surface area contributed by atoms with E-state index in [-0.39, 0.29) is 37.3 Å². The summed E-state index contributed by atoms with van der Waals surface area (Å²) in [6.45, 7) is 1.80. The number of halogens is 3. The van der Waals surface area contributed by atoms with Crippen LogP contribution in [0.25, 0.3) is 21.3 Å². The Kier molecular flexibility index (Phi) is 6.29. The number of pyridine rings is 1. The molecule has 5 nitrogen and oxygen atoms in total. The molecule has 2 fully saturated rings. The largest absolute Gasteiger partial charge is 0.490 e. The quantitative estimate of drug-likeness (QED) is 0.367. The first-order valence-electron chi connectivity index (χ1n) is 11.8. The molecule has 3 aromatic rings. The van der Waals surface area contributed by atoms with Crippen LogP contribution < -0.4 is 4.74 Å². The van der Waals surface area contributed by atoms with Gasteiger partial charge in [0, 0.05) is 35.0 Å². The van der Waals surface area contributed by atoms with Crippen LogP contribution in [0.5, 0.6) is 5.75 Å². The lowest BCUT2D eigenvalue weighted by molar-refractivity contribution is -0.139. The first-order chi connectivity index (χ1) is 16.7. The van der Waals surface area contributed by atoms with Crippen molar-refractivity contribution in [2.45, 2.75) is 70.7 Å². The van der Waals surface area contributed by atoms with Gasteiger partial charge in [0.05, 0.1) is 28.4 Å². The zero-order valence-electron chi connectivity index (χ0n) is 19.3. The second kappa shape index (κ2) is 9.26. The number of ether oxygens (including phenoxy) is 1. The van der Waals surface area contributed by atoms with Crippen LogP contribution in [0.15, 0.2) is 30.5 Å². The average Bonchev–Trinajstić information content (AvgIpc) is 3.38. The topological polar surface area (TPSA) is 59.5 Å². The monoisotopic (exact) mass is 502 g/mol. The molecule has 184 valence electrons. The number of benzene rings is 1. The number of nitrogens with zero attached hydrogens (tertiary/aromatic N) is 2. The minimum absolute atomic E-state index is 0.0265. The van der Waals surface area contributed by atoms with E-state index in [1.165, 1.54) is 16.2 Å². The molecule has 2 amide bonds. The van der Waals surface area contributed by atoms with E-state index in [0.717, 1.165) is 49.1 Å². The van der Waals surface area contributed by atoms with Crippen LogP contribution in [-0.4, -0.2) is 27.8 Å². The molecule has 1 aliphatic carbocycles. The molecule has 5 rings (SSSR count). The average molecular weight is 503 g/mol. The number of aryl methyl sites for hydroxylation is 1. The smallest absolute Gasteiger partial charge is 0.416 e. The predicted molar refractivity (Wildman–Crippen MR) is 127 cm³/mol. The number of alkyl halides is 3. The van der Waals surface area contributed by atoms with E-state index in [1.807, 2.05) is 0 Å². The van der Waals surface area contributed by atoms with Gasteiger partial charge in [-0.25, -0.2) is 0 Å². The fraction of sp³-hybridized carbons (Fsp3) is 0.423. The molecule has 0 atom stereocenters. The molecule has 1 aromatic carbocycles. The molecule has 1 aliphatic heterocycles. The molecular weight excluding hydrogens is 477 g/mol.